The minimum atomic E-state index is -0.443. The highest BCUT2D eigenvalue weighted by molar-refractivity contribution is 14.1. The lowest BCUT2D eigenvalue weighted by molar-refractivity contribution is -0.121. The fraction of sp³-hybridized carbons (Fsp3) is 0.167. The van der Waals surface area contributed by atoms with Gasteiger partial charge in [0.1, 0.15) is 11.5 Å². The molecule has 2 aromatic rings. The smallest absolute Gasteiger partial charge is 0.269 e. The van der Waals surface area contributed by atoms with Crippen molar-refractivity contribution in [1.82, 2.24) is 16.2 Å². The number of hydrogen-bond acceptors (Lipinski definition) is 5. The number of nitrogens with one attached hydrogen (secondary N) is 3. The number of hydrogen-bond donors (Lipinski definition) is 3. The van der Waals surface area contributed by atoms with Crippen LogP contribution in [0.5, 0.6) is 11.5 Å². The fourth-order valence-electron chi connectivity index (χ4n) is 1.97. The first-order valence-corrected chi connectivity index (χ1v) is 9.31. The fourth-order valence-corrected chi connectivity index (χ4v) is 2.87. The Morgan fingerprint density at radius 2 is 1.81 bits per heavy atom. The zero-order chi connectivity index (χ0) is 19.8. The molecule has 2 aromatic carbocycles. The van der Waals surface area contributed by atoms with Gasteiger partial charge in [-0.25, -0.2) is 0 Å². The number of aryl methyl sites for hydroxylation is 1. The van der Waals surface area contributed by atoms with Gasteiger partial charge in [-0.05, 0) is 72.1 Å². The summed E-state index contributed by atoms with van der Waals surface area (Å²) in [5.41, 5.74) is 6.41. The molecule has 0 atom stereocenters. The summed E-state index contributed by atoms with van der Waals surface area (Å²) >= 11 is 7.05. The third-order valence-corrected chi connectivity index (χ3v) is 4.39. The largest absolute Gasteiger partial charge is 0.496 e. The summed E-state index contributed by atoms with van der Waals surface area (Å²) < 4.78 is 11.3. The molecule has 0 aromatic heterocycles. The van der Waals surface area contributed by atoms with Gasteiger partial charge in [-0.1, -0.05) is 17.7 Å². The molecule has 0 aliphatic carbocycles. The Labute approximate surface area is 175 Å². The van der Waals surface area contributed by atoms with Crippen molar-refractivity contribution in [3.63, 3.8) is 0 Å². The van der Waals surface area contributed by atoms with Gasteiger partial charge in [0, 0.05) is 5.56 Å². The minimum Gasteiger partial charge on any atom is -0.496 e. The molecule has 0 saturated heterocycles. The number of methoxy groups -OCH3 is 1. The van der Waals surface area contributed by atoms with Gasteiger partial charge in [0.05, 0.1) is 10.7 Å². The standard InChI is InChI=1S/C18H18IN3O4S/c1-11-3-6-13(7-4-11)26-10-16(23)20-18(27)22-21-17(24)12-5-8-15(25-2)14(19)9-12/h3-9H,10H2,1-2H3,(H,21,24)(H2,20,22,23,27). The monoisotopic (exact) mass is 499 g/mol. The Balaban J connectivity index is 1.76. The third kappa shape index (κ3) is 6.68. The molecule has 0 aliphatic rings. The first kappa shape index (κ1) is 20.9. The summed E-state index contributed by atoms with van der Waals surface area (Å²) in [5, 5.41) is 2.38. The van der Waals surface area contributed by atoms with Gasteiger partial charge in [0.15, 0.2) is 11.7 Å². The first-order valence-electron chi connectivity index (χ1n) is 7.82. The van der Waals surface area contributed by atoms with Gasteiger partial charge in [0.2, 0.25) is 0 Å². The predicted molar refractivity (Wildman–Crippen MR) is 114 cm³/mol. The second-order valence-electron chi connectivity index (χ2n) is 5.41. The Morgan fingerprint density at radius 3 is 2.44 bits per heavy atom. The Hall–Kier alpha value is -2.40. The van der Waals surface area contributed by atoms with Gasteiger partial charge in [-0.15, -0.1) is 0 Å². The van der Waals surface area contributed by atoms with E-state index < -0.39 is 11.8 Å². The lowest BCUT2D eigenvalue weighted by atomic mass is 10.2. The van der Waals surface area contributed by atoms with E-state index in [2.05, 4.69) is 38.8 Å². The number of halogens is 1. The third-order valence-electron chi connectivity index (χ3n) is 3.35. The highest BCUT2D eigenvalue weighted by Gasteiger charge is 2.10. The molecule has 142 valence electrons. The molecule has 27 heavy (non-hydrogen) atoms. The van der Waals surface area contributed by atoms with Crippen LogP contribution in [-0.4, -0.2) is 30.6 Å². The van der Waals surface area contributed by atoms with Gasteiger partial charge in [-0.3, -0.25) is 25.8 Å². The lowest BCUT2D eigenvalue weighted by Gasteiger charge is -2.12. The Morgan fingerprint density at radius 1 is 1.11 bits per heavy atom. The average molecular weight is 499 g/mol. The topological polar surface area (TPSA) is 88.7 Å². The van der Waals surface area contributed by atoms with Gasteiger partial charge in [0.25, 0.3) is 11.8 Å². The molecular formula is C18H18IN3O4S. The molecule has 0 saturated carbocycles. The van der Waals surface area contributed by atoms with E-state index in [9.17, 15) is 9.59 Å². The predicted octanol–water partition coefficient (Wildman–Crippen LogP) is 2.32. The number of thiocarbonyl (C=S) groups is 1. The SMILES string of the molecule is COc1ccc(C(=O)NNC(=S)NC(=O)COc2ccc(C)cc2)cc1I. The first-order chi connectivity index (χ1) is 12.9. The summed E-state index contributed by atoms with van der Waals surface area (Å²) in [7, 11) is 1.56. The number of amides is 2. The van der Waals surface area contributed by atoms with Crippen LogP contribution >= 0.6 is 34.8 Å². The highest BCUT2D eigenvalue weighted by Crippen LogP contribution is 2.21. The Bertz CT molecular complexity index is 843. The molecular weight excluding hydrogens is 481 g/mol. The van der Waals surface area contributed by atoms with Crippen LogP contribution in [-0.2, 0) is 4.79 Å². The molecule has 2 rings (SSSR count). The number of rotatable bonds is 5. The molecule has 9 heteroatoms. The van der Waals surface area contributed by atoms with Crippen molar-refractivity contribution in [2.75, 3.05) is 13.7 Å². The summed E-state index contributed by atoms with van der Waals surface area (Å²) in [5.74, 6) is 0.415. The van der Waals surface area contributed by atoms with Crippen molar-refractivity contribution in [2.24, 2.45) is 0 Å². The van der Waals surface area contributed by atoms with Crippen LogP contribution < -0.4 is 25.6 Å². The van der Waals surface area contributed by atoms with Crippen molar-refractivity contribution in [3.8, 4) is 11.5 Å². The van der Waals surface area contributed by atoms with Crippen LogP contribution in [0.3, 0.4) is 0 Å². The average Bonchev–Trinajstić information content (AvgIpc) is 2.65. The van der Waals surface area contributed by atoms with E-state index in [1.807, 2.05) is 19.1 Å². The zero-order valence-electron chi connectivity index (χ0n) is 14.7. The number of carbonyl (C=O) groups is 2. The molecule has 3 N–H and O–H groups in total. The van der Waals surface area contributed by atoms with Crippen LogP contribution in [0.25, 0.3) is 0 Å². The van der Waals surface area contributed by atoms with Crippen LogP contribution in [0.4, 0.5) is 0 Å². The molecule has 0 fully saturated rings. The van der Waals surface area contributed by atoms with Crippen molar-refractivity contribution >= 4 is 51.7 Å². The molecule has 0 spiro atoms. The highest BCUT2D eigenvalue weighted by atomic mass is 127. The second kappa shape index (κ2) is 10.1. The van der Waals surface area contributed by atoms with E-state index in [0.29, 0.717) is 17.1 Å². The van der Waals surface area contributed by atoms with Gasteiger partial charge < -0.3 is 9.47 Å². The van der Waals surface area contributed by atoms with Gasteiger partial charge in [-0.2, -0.15) is 0 Å². The lowest BCUT2D eigenvalue weighted by Crippen LogP contribution is -2.49. The maximum atomic E-state index is 12.1. The Kier molecular flexibility index (Phi) is 7.80. The van der Waals surface area contributed by atoms with E-state index >= 15 is 0 Å². The number of carbonyl (C=O) groups excluding carboxylic acids is 2. The summed E-state index contributed by atoms with van der Waals surface area (Å²) in [6.07, 6.45) is 0. The summed E-state index contributed by atoms with van der Waals surface area (Å²) in [6.45, 7) is 1.76. The van der Waals surface area contributed by atoms with E-state index in [1.54, 1.807) is 37.4 Å². The van der Waals surface area contributed by atoms with Crippen LogP contribution in [0.1, 0.15) is 15.9 Å². The van der Waals surface area contributed by atoms with Crippen LogP contribution in [0.2, 0.25) is 0 Å². The van der Waals surface area contributed by atoms with Gasteiger partial charge >= 0.3 is 0 Å². The zero-order valence-corrected chi connectivity index (χ0v) is 17.6. The number of hydrazine groups is 1. The quantitative estimate of drug-likeness (QED) is 0.333. The molecule has 0 aliphatic heterocycles. The minimum absolute atomic E-state index is 0.0379. The number of benzene rings is 2. The second-order valence-corrected chi connectivity index (χ2v) is 6.98. The summed E-state index contributed by atoms with van der Waals surface area (Å²) in [4.78, 5) is 23.9. The molecule has 7 nitrogen and oxygen atoms in total. The summed E-state index contributed by atoms with van der Waals surface area (Å²) in [6, 6.07) is 12.3. The van der Waals surface area contributed by atoms with Crippen molar-refractivity contribution < 1.29 is 19.1 Å². The molecule has 2 amide bonds. The molecule has 0 radical (unpaired) electrons. The maximum Gasteiger partial charge on any atom is 0.269 e. The van der Waals surface area contributed by atoms with Crippen LogP contribution in [0, 0.1) is 10.5 Å². The normalized spacial score (nSPS) is 9.89. The van der Waals surface area contributed by atoms with E-state index in [4.69, 9.17) is 21.7 Å². The number of ether oxygens (including phenoxy) is 2. The van der Waals surface area contributed by atoms with E-state index in [-0.39, 0.29) is 11.7 Å². The maximum absolute atomic E-state index is 12.1. The molecule has 0 unspecified atom stereocenters. The van der Waals surface area contributed by atoms with E-state index in [0.717, 1.165) is 9.13 Å². The molecule has 0 heterocycles. The van der Waals surface area contributed by atoms with Crippen LogP contribution in [0.15, 0.2) is 42.5 Å². The van der Waals surface area contributed by atoms with Crippen molar-refractivity contribution in [2.45, 2.75) is 6.92 Å². The molecule has 0 bridgehead atoms. The van der Waals surface area contributed by atoms with Crippen molar-refractivity contribution in [1.29, 1.82) is 0 Å². The van der Waals surface area contributed by atoms with Crippen molar-refractivity contribution in [3.05, 3.63) is 57.2 Å². The van der Waals surface area contributed by atoms with E-state index in [1.165, 1.54) is 0 Å².